The second-order valence-electron chi connectivity index (χ2n) is 9.52. The van der Waals surface area contributed by atoms with Gasteiger partial charge in [0.15, 0.2) is 11.6 Å². The first-order valence-electron chi connectivity index (χ1n) is 13.7. The number of rotatable bonds is 4. The monoisotopic (exact) mass is 883 g/mol. The molecule has 0 radical (unpaired) electrons. The van der Waals surface area contributed by atoms with Gasteiger partial charge in [-0.1, -0.05) is 23.2 Å². The van der Waals surface area contributed by atoms with Crippen LogP contribution in [0.5, 0.6) is 0 Å². The highest BCUT2D eigenvalue weighted by molar-refractivity contribution is 9.10. The smallest absolute Gasteiger partial charge is 0.372 e. The molecule has 0 fully saturated rings. The third-order valence-electron chi connectivity index (χ3n) is 6.16. The molecule has 4 N–H and O–H groups in total. The van der Waals surface area contributed by atoms with Crippen molar-refractivity contribution in [2.24, 2.45) is 17.9 Å². The number of hydrogen-bond donors (Lipinski definition) is 3. The number of carbonyl (C=O) groups excluding carboxylic acids is 1. The van der Waals surface area contributed by atoms with Crippen LogP contribution in [0.2, 0.25) is 10.0 Å². The maximum atomic E-state index is 12.8. The van der Waals surface area contributed by atoms with Gasteiger partial charge in [-0.25, -0.2) is 10.8 Å². The largest absolute Gasteiger partial charge is 0.416 e. The van der Waals surface area contributed by atoms with Crippen molar-refractivity contribution in [3.63, 3.8) is 0 Å². The molecule has 51 heavy (non-hydrogen) atoms. The van der Waals surface area contributed by atoms with E-state index in [4.69, 9.17) is 29.0 Å². The Bertz CT molecular complexity index is 2030. The molecule has 0 saturated carbocycles. The molecule has 12 nitrogen and oxygen atoms in total. The molecule has 0 atom stereocenters. The van der Waals surface area contributed by atoms with E-state index in [0.29, 0.717) is 31.3 Å². The van der Waals surface area contributed by atoms with E-state index in [2.05, 4.69) is 72.3 Å². The Morgan fingerprint density at radius 2 is 1.39 bits per heavy atom. The van der Waals surface area contributed by atoms with Gasteiger partial charge in [-0.2, -0.15) is 26.3 Å². The average molecular weight is 886 g/mol. The first kappa shape index (κ1) is 41.2. The number of amidine groups is 1. The standard InChI is InChI=1S/C14H8BrClF3N5.C9H10F3N3.C6H5BrClN3O/c1-24-12(10-4-7(2-3-20-10)14(17,18)19)22-23-13(24)11-9(16)5-8(15)6-21-11;1-13-8(14-2)7-5-6(3-4-15-7)9(10,11)12;7-3-1-4(8)5(10-2-3)6(12)11-9/h2-6H,1H3;3-5H,1-2H3,(H,13,14);1-2H,9H2,(H,11,12). The van der Waals surface area contributed by atoms with Gasteiger partial charge in [0.2, 0.25) is 0 Å². The first-order chi connectivity index (χ1) is 23.9. The molecule has 5 heterocycles. The van der Waals surface area contributed by atoms with Crippen molar-refractivity contribution in [1.82, 2.24) is 45.4 Å². The number of pyridine rings is 4. The SMILES string of the molecule is CN=C(NC)c1cc(C(F)(F)F)ccn1.Cn1c(-c2cc(C(F)(F)F)ccn2)nnc1-c1ncc(Br)cc1Cl.NNC(=O)c1ncc(Br)cc1Cl. The van der Waals surface area contributed by atoms with E-state index >= 15 is 0 Å². The summed E-state index contributed by atoms with van der Waals surface area (Å²) >= 11 is 18.2. The summed E-state index contributed by atoms with van der Waals surface area (Å²) in [6.07, 6.45) is -3.62. The lowest BCUT2D eigenvalue weighted by Crippen LogP contribution is -2.30. The molecule has 5 rings (SSSR count). The summed E-state index contributed by atoms with van der Waals surface area (Å²) in [7, 11) is 4.66. The molecule has 0 aromatic carbocycles. The molecule has 0 aliphatic carbocycles. The second kappa shape index (κ2) is 17.8. The van der Waals surface area contributed by atoms with E-state index in [1.807, 2.05) is 5.43 Å². The maximum Gasteiger partial charge on any atom is 0.416 e. The van der Waals surface area contributed by atoms with Crippen molar-refractivity contribution in [2.75, 3.05) is 14.1 Å². The third kappa shape index (κ3) is 11.1. The number of alkyl halides is 6. The number of hydrogen-bond acceptors (Lipinski definition) is 9. The van der Waals surface area contributed by atoms with E-state index in [1.165, 1.54) is 24.0 Å². The van der Waals surface area contributed by atoms with E-state index in [-0.39, 0.29) is 27.9 Å². The summed E-state index contributed by atoms with van der Waals surface area (Å²) in [5, 5.41) is 11.2. The van der Waals surface area contributed by atoms with Gasteiger partial charge in [-0.3, -0.25) is 30.2 Å². The Labute approximate surface area is 312 Å². The van der Waals surface area contributed by atoms with E-state index in [0.717, 1.165) is 36.7 Å². The molecular formula is C29H23Br2Cl2F6N11O. The van der Waals surface area contributed by atoms with Crippen molar-refractivity contribution in [3.05, 3.63) is 103 Å². The lowest BCUT2D eigenvalue weighted by atomic mass is 10.2. The second-order valence-corrected chi connectivity index (χ2v) is 12.2. The summed E-state index contributed by atoms with van der Waals surface area (Å²) in [4.78, 5) is 30.4. The normalized spacial score (nSPS) is 11.5. The molecule has 0 aliphatic rings. The molecule has 1 amide bonds. The zero-order chi connectivity index (χ0) is 38.1. The van der Waals surface area contributed by atoms with Crippen LogP contribution in [0.3, 0.4) is 0 Å². The third-order valence-corrected chi connectivity index (χ3v) is 7.60. The van der Waals surface area contributed by atoms with Crippen LogP contribution in [-0.2, 0) is 19.4 Å². The highest BCUT2D eigenvalue weighted by Gasteiger charge is 2.32. The Kier molecular flexibility index (Phi) is 14.4. The molecule has 0 aliphatic heterocycles. The number of nitrogens with two attached hydrogens (primary N) is 1. The van der Waals surface area contributed by atoms with E-state index in [9.17, 15) is 31.1 Å². The molecule has 0 bridgehead atoms. The summed E-state index contributed by atoms with van der Waals surface area (Å²) in [6, 6.07) is 6.91. The van der Waals surface area contributed by atoms with Gasteiger partial charge < -0.3 is 9.88 Å². The molecule has 270 valence electrons. The van der Waals surface area contributed by atoms with E-state index in [1.54, 1.807) is 26.2 Å². The number of aromatic nitrogens is 7. The van der Waals surface area contributed by atoms with Crippen LogP contribution in [0, 0.1) is 0 Å². The number of nitrogens with zero attached hydrogens (tertiary/aromatic N) is 8. The molecule has 22 heteroatoms. The predicted molar refractivity (Wildman–Crippen MR) is 185 cm³/mol. The van der Waals surface area contributed by atoms with Crippen molar-refractivity contribution < 1.29 is 31.1 Å². The fraction of sp³-hybridized carbons (Fsp3) is 0.172. The minimum atomic E-state index is -4.46. The van der Waals surface area contributed by atoms with Crippen LogP contribution in [0.15, 0.2) is 75.1 Å². The number of nitrogen functional groups attached to an aromatic ring is 1. The Morgan fingerprint density at radius 1 is 0.843 bits per heavy atom. The summed E-state index contributed by atoms with van der Waals surface area (Å²) in [6.45, 7) is 0. The van der Waals surface area contributed by atoms with Gasteiger partial charge in [-0.05, 0) is 68.3 Å². The number of nitrogens with one attached hydrogen (secondary N) is 2. The zero-order valence-electron chi connectivity index (χ0n) is 26.1. The highest BCUT2D eigenvalue weighted by atomic mass is 79.9. The summed E-state index contributed by atoms with van der Waals surface area (Å²) < 4.78 is 78.5. The molecule has 5 aromatic heterocycles. The van der Waals surface area contributed by atoms with Gasteiger partial charge in [0, 0.05) is 54.9 Å². The van der Waals surface area contributed by atoms with Gasteiger partial charge in [-0.15, -0.1) is 10.2 Å². The van der Waals surface area contributed by atoms with Crippen molar-refractivity contribution in [3.8, 4) is 23.0 Å². The van der Waals surface area contributed by atoms with Gasteiger partial charge in [0.05, 0.1) is 21.2 Å². The Hall–Kier alpha value is -4.24. The Morgan fingerprint density at radius 3 is 1.92 bits per heavy atom. The summed E-state index contributed by atoms with van der Waals surface area (Å²) in [5.41, 5.74) is 1.11. The Balaban J connectivity index is 0.000000224. The van der Waals surface area contributed by atoms with Gasteiger partial charge >= 0.3 is 12.4 Å². The van der Waals surface area contributed by atoms with Crippen LogP contribution >= 0.6 is 55.1 Å². The molecule has 0 unspecified atom stereocenters. The van der Waals surface area contributed by atoms with E-state index < -0.39 is 29.4 Å². The lowest BCUT2D eigenvalue weighted by molar-refractivity contribution is -0.138. The maximum absolute atomic E-state index is 12.8. The number of carbonyl (C=O) groups is 1. The van der Waals surface area contributed by atoms with Crippen molar-refractivity contribution in [1.29, 1.82) is 0 Å². The topological polar surface area (TPSA) is 162 Å². The van der Waals surface area contributed by atoms with Crippen LogP contribution in [-0.4, -0.2) is 60.5 Å². The van der Waals surface area contributed by atoms with Crippen molar-refractivity contribution in [2.45, 2.75) is 12.4 Å². The summed E-state index contributed by atoms with van der Waals surface area (Å²) in [5.74, 6) is 5.21. The fourth-order valence-corrected chi connectivity index (χ4v) is 5.24. The number of amides is 1. The zero-order valence-corrected chi connectivity index (χ0v) is 30.8. The van der Waals surface area contributed by atoms with Crippen LogP contribution in [0.4, 0.5) is 26.3 Å². The first-order valence-corrected chi connectivity index (χ1v) is 16.0. The fourth-order valence-electron chi connectivity index (χ4n) is 3.81. The van der Waals surface area contributed by atoms with Crippen molar-refractivity contribution >= 4 is 66.8 Å². The molecular weight excluding hydrogens is 863 g/mol. The minimum absolute atomic E-state index is 0.0549. The lowest BCUT2D eigenvalue weighted by Gasteiger charge is -2.08. The van der Waals surface area contributed by atoms with Crippen LogP contribution in [0.25, 0.3) is 23.0 Å². The number of hydrazine groups is 1. The average Bonchev–Trinajstić information content (AvgIpc) is 3.45. The molecule has 0 spiro atoms. The minimum Gasteiger partial charge on any atom is -0.372 e. The van der Waals surface area contributed by atoms with Gasteiger partial charge in [0.25, 0.3) is 5.91 Å². The number of halogens is 10. The quantitative estimate of drug-likeness (QED) is 0.0425. The van der Waals surface area contributed by atoms with Crippen LogP contribution < -0.4 is 16.6 Å². The molecule has 0 saturated heterocycles. The van der Waals surface area contributed by atoms with Crippen LogP contribution in [0.1, 0.15) is 27.3 Å². The van der Waals surface area contributed by atoms with Gasteiger partial charge in [0.1, 0.15) is 28.6 Å². The predicted octanol–water partition coefficient (Wildman–Crippen LogP) is 7.17. The molecule has 5 aromatic rings. The highest BCUT2D eigenvalue weighted by Crippen LogP contribution is 2.33. The number of aliphatic imine (C=N–C) groups is 1.